The van der Waals surface area contributed by atoms with Gasteiger partial charge in [-0.25, -0.2) is 0 Å². The summed E-state index contributed by atoms with van der Waals surface area (Å²) in [6.07, 6.45) is 1.10. The number of rotatable bonds is 12. The van der Waals surface area contributed by atoms with Crippen LogP contribution in [0.2, 0.25) is 37.3 Å². The minimum absolute atomic E-state index is 0.0173. The van der Waals surface area contributed by atoms with Crippen LogP contribution in [0.25, 0.3) is 0 Å². The average Bonchev–Trinajstić information content (AvgIpc) is 2.52. The molecule has 0 aliphatic carbocycles. The number of hydrogen-bond acceptors (Lipinski definition) is 4. The molecule has 0 rings (SSSR count). The zero-order chi connectivity index (χ0) is 17.2. The smallest absolute Gasteiger partial charge is 0.296 e. The van der Waals surface area contributed by atoms with Gasteiger partial charge in [-0.1, -0.05) is 27.7 Å². The second kappa shape index (κ2) is 10.6. The molecule has 0 amide bonds. The first kappa shape index (κ1) is 21.8. The van der Waals surface area contributed by atoms with Crippen molar-refractivity contribution in [1.82, 2.24) is 5.32 Å². The number of nitrogens with one attached hydrogen (secondary N) is 1. The normalized spacial score (nSPS) is 14.0. The Kier molecular flexibility index (Phi) is 10.5. The molecule has 1 N–H and O–H groups in total. The van der Waals surface area contributed by atoms with Crippen molar-refractivity contribution in [1.29, 1.82) is 0 Å². The van der Waals surface area contributed by atoms with Crippen molar-refractivity contribution in [3.05, 3.63) is 0 Å². The Bertz CT molecular complexity index is 312. The molecule has 0 aromatic heterocycles. The van der Waals surface area contributed by atoms with Crippen LogP contribution in [0.1, 0.15) is 34.1 Å². The van der Waals surface area contributed by atoms with E-state index < -0.39 is 16.6 Å². The highest BCUT2D eigenvalue weighted by Crippen LogP contribution is 2.23. The van der Waals surface area contributed by atoms with Crippen molar-refractivity contribution in [3.63, 3.8) is 0 Å². The molecule has 0 saturated carbocycles. The lowest BCUT2D eigenvalue weighted by Crippen LogP contribution is -2.41. The molecule has 6 heteroatoms. The van der Waals surface area contributed by atoms with Gasteiger partial charge in [0, 0.05) is 13.7 Å². The molecule has 1 atom stereocenters. The Hall–Kier alpha value is -0.176. The van der Waals surface area contributed by atoms with E-state index in [2.05, 4.69) is 39.2 Å². The first-order valence-corrected chi connectivity index (χ1v) is 14.4. The summed E-state index contributed by atoms with van der Waals surface area (Å²) in [4.78, 5) is 12.3. The summed E-state index contributed by atoms with van der Waals surface area (Å²) < 4.78 is 11.5. The van der Waals surface area contributed by atoms with Gasteiger partial charge in [-0.15, -0.1) is 0 Å². The molecular weight excluding hydrogens is 310 g/mol. The van der Waals surface area contributed by atoms with E-state index in [0.29, 0.717) is 6.54 Å². The Labute approximate surface area is 139 Å². The zero-order valence-corrected chi connectivity index (χ0v) is 17.8. The van der Waals surface area contributed by atoms with Gasteiger partial charge < -0.3 is 14.2 Å². The fraction of sp³-hybridized carbons (Fsp3) is 0.938. The van der Waals surface area contributed by atoms with Crippen LogP contribution in [0.4, 0.5) is 0 Å². The molecule has 0 spiro atoms. The number of carbonyl (C=O) groups is 1. The molecule has 0 saturated heterocycles. The third-order valence-electron chi connectivity index (χ3n) is 4.79. The molecule has 0 fully saturated rings. The van der Waals surface area contributed by atoms with E-state index in [-0.39, 0.29) is 11.9 Å². The van der Waals surface area contributed by atoms with Crippen molar-refractivity contribution in [3.8, 4) is 0 Å². The number of hydrogen-bond donors (Lipinski definition) is 1. The van der Waals surface area contributed by atoms with Crippen LogP contribution in [0.5, 0.6) is 0 Å². The highest BCUT2D eigenvalue weighted by molar-refractivity contribution is 6.75. The fourth-order valence-corrected chi connectivity index (χ4v) is 6.22. The van der Waals surface area contributed by atoms with Crippen LogP contribution in [0.15, 0.2) is 0 Å². The van der Waals surface area contributed by atoms with Crippen molar-refractivity contribution in [2.45, 2.75) is 71.4 Å². The Morgan fingerprint density at radius 3 is 2.14 bits per heavy atom. The van der Waals surface area contributed by atoms with Crippen molar-refractivity contribution in [2.24, 2.45) is 5.92 Å². The van der Waals surface area contributed by atoms with Crippen molar-refractivity contribution in [2.75, 3.05) is 20.2 Å². The first-order valence-electron chi connectivity index (χ1n) is 8.74. The lowest BCUT2D eigenvalue weighted by Gasteiger charge is -2.29. The Balaban J connectivity index is 4.06. The minimum Gasteiger partial charge on any atom is -0.519 e. The van der Waals surface area contributed by atoms with E-state index in [1.807, 2.05) is 14.0 Å². The largest absolute Gasteiger partial charge is 0.519 e. The van der Waals surface area contributed by atoms with E-state index in [9.17, 15) is 4.79 Å². The quantitative estimate of drug-likeness (QED) is 0.428. The fourth-order valence-electron chi connectivity index (χ4n) is 2.42. The summed E-state index contributed by atoms with van der Waals surface area (Å²) >= 11 is 0. The molecule has 0 bridgehead atoms. The number of carbonyl (C=O) groups excluding carboxylic acids is 1. The van der Waals surface area contributed by atoms with E-state index in [4.69, 9.17) is 8.85 Å². The van der Waals surface area contributed by atoms with Gasteiger partial charge in [-0.05, 0) is 50.2 Å². The van der Waals surface area contributed by atoms with E-state index in [1.165, 1.54) is 0 Å². The first-order chi connectivity index (χ1) is 10.3. The molecule has 0 aliphatic rings. The minimum atomic E-state index is -1.82. The topological polar surface area (TPSA) is 47.6 Å². The SMILES string of the molecule is CC[Si](CC)(CC)OC(=O)C(C)CNCCC[Si](C)(C)OC. The van der Waals surface area contributed by atoms with Gasteiger partial charge in [0.15, 0.2) is 8.32 Å². The molecule has 0 aliphatic heterocycles. The molecule has 22 heavy (non-hydrogen) atoms. The maximum Gasteiger partial charge on any atom is 0.296 e. The third kappa shape index (κ3) is 7.90. The van der Waals surface area contributed by atoms with Gasteiger partial charge in [0.1, 0.15) is 0 Å². The summed E-state index contributed by atoms with van der Waals surface area (Å²) in [7, 11) is -1.46. The second-order valence-corrected chi connectivity index (χ2v) is 16.0. The van der Waals surface area contributed by atoms with Crippen LogP contribution in [0.3, 0.4) is 0 Å². The summed E-state index contributed by atoms with van der Waals surface area (Å²) in [5.74, 6) is -0.0829. The lowest BCUT2D eigenvalue weighted by molar-refractivity contribution is -0.139. The molecular formula is C16H37NO3Si2. The summed E-state index contributed by atoms with van der Waals surface area (Å²) in [6.45, 7) is 14.5. The summed E-state index contributed by atoms with van der Waals surface area (Å²) in [6, 6.07) is 4.20. The van der Waals surface area contributed by atoms with Crippen LogP contribution in [0, 0.1) is 5.92 Å². The third-order valence-corrected chi connectivity index (χ3v) is 12.0. The Morgan fingerprint density at radius 2 is 1.68 bits per heavy atom. The summed E-state index contributed by atoms with van der Waals surface area (Å²) in [5, 5.41) is 3.38. The van der Waals surface area contributed by atoms with Crippen molar-refractivity contribution < 1.29 is 13.6 Å². The van der Waals surface area contributed by atoms with Crippen LogP contribution in [-0.2, 0) is 13.6 Å². The van der Waals surface area contributed by atoms with Crippen LogP contribution < -0.4 is 5.32 Å². The maximum absolute atomic E-state index is 12.3. The highest BCUT2D eigenvalue weighted by Gasteiger charge is 2.34. The Morgan fingerprint density at radius 1 is 1.14 bits per heavy atom. The molecule has 132 valence electrons. The van der Waals surface area contributed by atoms with Gasteiger partial charge in [0.25, 0.3) is 14.3 Å². The van der Waals surface area contributed by atoms with Gasteiger partial charge in [-0.2, -0.15) is 0 Å². The average molecular weight is 348 g/mol. The zero-order valence-electron chi connectivity index (χ0n) is 15.8. The molecule has 1 unspecified atom stereocenters. The van der Waals surface area contributed by atoms with Gasteiger partial charge in [0.2, 0.25) is 0 Å². The molecule has 4 nitrogen and oxygen atoms in total. The predicted molar refractivity (Wildman–Crippen MR) is 99.2 cm³/mol. The summed E-state index contributed by atoms with van der Waals surface area (Å²) in [5.41, 5.74) is 0. The molecule has 0 heterocycles. The monoisotopic (exact) mass is 347 g/mol. The van der Waals surface area contributed by atoms with Gasteiger partial charge >= 0.3 is 0 Å². The lowest BCUT2D eigenvalue weighted by atomic mass is 10.2. The molecule has 0 radical (unpaired) electrons. The van der Waals surface area contributed by atoms with E-state index in [0.717, 1.165) is 37.1 Å². The van der Waals surface area contributed by atoms with Gasteiger partial charge in [-0.3, -0.25) is 4.79 Å². The standard InChI is InChI=1S/C16H37NO3Si2/c1-8-22(9-2,10-3)20-16(18)15(4)14-17-12-11-13-21(6,7)19-5/h15,17H,8-14H2,1-7H3. The highest BCUT2D eigenvalue weighted by atomic mass is 28.4. The molecule has 0 aromatic rings. The van der Waals surface area contributed by atoms with E-state index >= 15 is 0 Å². The van der Waals surface area contributed by atoms with Gasteiger partial charge in [0.05, 0.1) is 5.92 Å². The van der Waals surface area contributed by atoms with Crippen molar-refractivity contribution >= 4 is 22.6 Å². The van der Waals surface area contributed by atoms with Crippen LogP contribution >= 0.6 is 0 Å². The molecule has 0 aromatic carbocycles. The predicted octanol–water partition coefficient (Wildman–Crippen LogP) is 4.00. The maximum atomic E-state index is 12.3. The van der Waals surface area contributed by atoms with E-state index in [1.54, 1.807) is 0 Å². The van der Waals surface area contributed by atoms with Crippen LogP contribution in [-0.4, -0.2) is 42.8 Å². The second-order valence-electron chi connectivity index (χ2n) is 6.84.